The molecule has 0 unspecified atom stereocenters. The molecule has 0 fully saturated rings. The molecule has 2 rings (SSSR count). The van der Waals surface area contributed by atoms with Gasteiger partial charge < -0.3 is 5.32 Å². The van der Waals surface area contributed by atoms with Crippen LogP contribution in [-0.4, -0.2) is 32.2 Å². The van der Waals surface area contributed by atoms with Gasteiger partial charge >= 0.3 is 0 Å². The van der Waals surface area contributed by atoms with Gasteiger partial charge in [0.2, 0.25) is 15.9 Å². The van der Waals surface area contributed by atoms with Crippen LogP contribution in [0.4, 0.5) is 5.69 Å². The van der Waals surface area contributed by atoms with Crippen molar-refractivity contribution in [1.82, 2.24) is 4.31 Å². The van der Waals surface area contributed by atoms with Gasteiger partial charge in [0.25, 0.3) is 0 Å². The average Bonchev–Trinajstić information content (AvgIpc) is 2.51. The molecule has 0 saturated carbocycles. The molecule has 2 aromatic carbocycles. The number of hydrogen-bond donors (Lipinski definition) is 1. The number of halogens is 1. The molecule has 0 aliphatic carbocycles. The van der Waals surface area contributed by atoms with E-state index < -0.39 is 15.9 Å². The summed E-state index contributed by atoms with van der Waals surface area (Å²) in [6, 6.07) is 11.5. The third kappa shape index (κ3) is 4.35. The lowest BCUT2D eigenvalue weighted by atomic mass is 10.1. The van der Waals surface area contributed by atoms with Gasteiger partial charge in [-0.2, -0.15) is 4.31 Å². The van der Waals surface area contributed by atoms with Crippen molar-refractivity contribution >= 4 is 33.2 Å². The molecule has 2 aromatic rings. The topological polar surface area (TPSA) is 66.5 Å². The second-order valence-corrected chi connectivity index (χ2v) is 8.06. The molecular weight excluding hydrogens is 348 g/mol. The van der Waals surface area contributed by atoms with Crippen molar-refractivity contribution in [2.24, 2.45) is 0 Å². The molecule has 5 nitrogen and oxygen atoms in total. The summed E-state index contributed by atoms with van der Waals surface area (Å²) >= 11 is 5.77. The Bertz CT molecular complexity index is 849. The van der Waals surface area contributed by atoms with E-state index in [1.165, 1.54) is 31.3 Å². The number of carbonyl (C=O) groups excluding carboxylic acids is 1. The van der Waals surface area contributed by atoms with Gasteiger partial charge in [-0.1, -0.05) is 23.7 Å². The van der Waals surface area contributed by atoms with E-state index in [2.05, 4.69) is 5.32 Å². The van der Waals surface area contributed by atoms with Gasteiger partial charge in [0.1, 0.15) is 0 Å². The summed E-state index contributed by atoms with van der Waals surface area (Å²) in [5.41, 5.74) is 2.60. The van der Waals surface area contributed by atoms with E-state index in [1.807, 2.05) is 32.0 Å². The fourth-order valence-corrected chi connectivity index (χ4v) is 3.39. The summed E-state index contributed by atoms with van der Waals surface area (Å²) in [7, 11) is -2.38. The van der Waals surface area contributed by atoms with Crippen molar-refractivity contribution in [1.29, 1.82) is 0 Å². The Morgan fingerprint density at radius 2 is 1.75 bits per heavy atom. The van der Waals surface area contributed by atoms with Crippen molar-refractivity contribution in [2.75, 3.05) is 18.9 Å². The van der Waals surface area contributed by atoms with Gasteiger partial charge in [-0.3, -0.25) is 4.79 Å². The second kappa shape index (κ2) is 7.34. The van der Waals surface area contributed by atoms with Crippen LogP contribution in [0.15, 0.2) is 47.4 Å². The van der Waals surface area contributed by atoms with Crippen molar-refractivity contribution in [3.05, 3.63) is 58.6 Å². The molecule has 1 amide bonds. The second-order valence-electron chi connectivity index (χ2n) is 5.58. The molecule has 7 heteroatoms. The van der Waals surface area contributed by atoms with E-state index in [0.717, 1.165) is 15.4 Å². The minimum Gasteiger partial charge on any atom is -0.325 e. The first-order chi connectivity index (χ1) is 11.2. The number of hydrogen-bond acceptors (Lipinski definition) is 3. The molecule has 0 spiro atoms. The number of nitrogens with one attached hydrogen (secondary N) is 1. The number of nitrogens with zero attached hydrogens (tertiary/aromatic N) is 1. The highest BCUT2D eigenvalue weighted by Gasteiger charge is 2.23. The lowest BCUT2D eigenvalue weighted by molar-refractivity contribution is -0.116. The molecular formula is C17H19ClN2O3S. The smallest absolute Gasteiger partial charge is 0.243 e. The number of benzene rings is 2. The molecule has 0 aromatic heterocycles. The van der Waals surface area contributed by atoms with Crippen molar-refractivity contribution in [3.63, 3.8) is 0 Å². The Morgan fingerprint density at radius 3 is 2.38 bits per heavy atom. The number of anilines is 1. The molecule has 0 saturated heterocycles. The minimum atomic E-state index is -3.75. The highest BCUT2D eigenvalue weighted by molar-refractivity contribution is 7.89. The maximum absolute atomic E-state index is 12.5. The molecule has 0 heterocycles. The van der Waals surface area contributed by atoms with E-state index in [-0.39, 0.29) is 11.4 Å². The fourth-order valence-electron chi connectivity index (χ4n) is 2.13. The van der Waals surface area contributed by atoms with E-state index in [4.69, 9.17) is 11.6 Å². The summed E-state index contributed by atoms with van der Waals surface area (Å²) in [5, 5.41) is 3.20. The summed E-state index contributed by atoms with van der Waals surface area (Å²) in [5.74, 6) is -0.399. The standard InChI is InChI=1S/C17H19ClN2O3S/c1-12-4-5-13(2)16(10-12)19-17(21)11-20(3)24(22,23)15-8-6-14(18)7-9-15/h4-10H,11H2,1-3H3,(H,19,21). The highest BCUT2D eigenvalue weighted by Crippen LogP contribution is 2.19. The molecule has 0 atom stereocenters. The number of carbonyl (C=O) groups is 1. The van der Waals surface area contributed by atoms with Gasteiger partial charge in [-0.05, 0) is 55.3 Å². The van der Waals surface area contributed by atoms with E-state index in [9.17, 15) is 13.2 Å². The molecule has 0 aliphatic rings. The number of aryl methyl sites for hydroxylation is 2. The summed E-state index contributed by atoms with van der Waals surface area (Å²) in [4.78, 5) is 12.3. The summed E-state index contributed by atoms with van der Waals surface area (Å²) < 4.78 is 25.9. The Kier molecular flexibility index (Phi) is 5.64. The van der Waals surface area contributed by atoms with Gasteiger partial charge in [0.05, 0.1) is 11.4 Å². The average molecular weight is 367 g/mol. The van der Waals surface area contributed by atoms with Crippen LogP contribution in [0.1, 0.15) is 11.1 Å². The van der Waals surface area contributed by atoms with Crippen LogP contribution in [0.25, 0.3) is 0 Å². The Morgan fingerprint density at radius 1 is 1.12 bits per heavy atom. The first-order valence-corrected chi connectivity index (χ1v) is 9.11. The predicted octanol–water partition coefficient (Wildman–Crippen LogP) is 3.22. The van der Waals surface area contributed by atoms with Crippen LogP contribution in [0, 0.1) is 13.8 Å². The molecule has 24 heavy (non-hydrogen) atoms. The molecule has 0 aliphatic heterocycles. The molecule has 0 bridgehead atoms. The third-order valence-electron chi connectivity index (χ3n) is 3.56. The zero-order chi connectivity index (χ0) is 17.9. The van der Waals surface area contributed by atoms with Gasteiger partial charge in [0.15, 0.2) is 0 Å². The van der Waals surface area contributed by atoms with E-state index in [0.29, 0.717) is 10.7 Å². The van der Waals surface area contributed by atoms with E-state index in [1.54, 1.807) is 0 Å². The third-order valence-corrected chi connectivity index (χ3v) is 5.62. The Hall–Kier alpha value is -1.89. The lowest BCUT2D eigenvalue weighted by Gasteiger charge is -2.17. The van der Waals surface area contributed by atoms with Crippen LogP contribution in [0.2, 0.25) is 5.02 Å². The van der Waals surface area contributed by atoms with Gasteiger partial charge in [0, 0.05) is 17.8 Å². The lowest BCUT2D eigenvalue weighted by Crippen LogP contribution is -2.35. The maximum atomic E-state index is 12.5. The quantitative estimate of drug-likeness (QED) is 0.883. The normalized spacial score (nSPS) is 11.5. The van der Waals surface area contributed by atoms with Gasteiger partial charge in [-0.25, -0.2) is 8.42 Å². The first-order valence-electron chi connectivity index (χ1n) is 7.29. The summed E-state index contributed by atoms with van der Waals surface area (Å²) in [6.07, 6.45) is 0. The molecule has 0 radical (unpaired) electrons. The summed E-state index contributed by atoms with van der Waals surface area (Å²) in [6.45, 7) is 3.52. The molecule has 128 valence electrons. The zero-order valence-electron chi connectivity index (χ0n) is 13.7. The Balaban J connectivity index is 2.10. The van der Waals surface area contributed by atoms with Crippen molar-refractivity contribution in [3.8, 4) is 0 Å². The SMILES string of the molecule is Cc1ccc(C)c(NC(=O)CN(C)S(=O)(=O)c2ccc(Cl)cc2)c1. The number of sulfonamides is 1. The van der Waals surface area contributed by atoms with E-state index >= 15 is 0 Å². The number of amides is 1. The molecule has 1 N–H and O–H groups in total. The van der Waals surface area contributed by atoms with Crippen LogP contribution < -0.4 is 5.32 Å². The predicted molar refractivity (Wildman–Crippen MR) is 95.8 cm³/mol. The van der Waals surface area contributed by atoms with Crippen LogP contribution >= 0.6 is 11.6 Å². The van der Waals surface area contributed by atoms with Crippen molar-refractivity contribution < 1.29 is 13.2 Å². The largest absolute Gasteiger partial charge is 0.325 e. The fraction of sp³-hybridized carbons (Fsp3) is 0.235. The monoisotopic (exact) mass is 366 g/mol. The highest BCUT2D eigenvalue weighted by atomic mass is 35.5. The number of likely N-dealkylation sites (N-methyl/N-ethyl adjacent to an activating group) is 1. The van der Waals surface area contributed by atoms with Crippen molar-refractivity contribution in [2.45, 2.75) is 18.7 Å². The first kappa shape index (κ1) is 18.4. The zero-order valence-corrected chi connectivity index (χ0v) is 15.3. The number of rotatable bonds is 5. The van der Waals surface area contributed by atoms with Crippen LogP contribution in [0.3, 0.4) is 0 Å². The van der Waals surface area contributed by atoms with Crippen LogP contribution in [-0.2, 0) is 14.8 Å². The van der Waals surface area contributed by atoms with Gasteiger partial charge in [-0.15, -0.1) is 0 Å². The Labute approximate surface area is 147 Å². The van der Waals surface area contributed by atoms with Crippen LogP contribution in [0.5, 0.6) is 0 Å². The maximum Gasteiger partial charge on any atom is 0.243 e. The minimum absolute atomic E-state index is 0.0916.